The van der Waals surface area contributed by atoms with E-state index in [-0.39, 0.29) is 0 Å². The highest BCUT2D eigenvalue weighted by Gasteiger charge is 2.13. The van der Waals surface area contributed by atoms with Gasteiger partial charge in [0.1, 0.15) is 5.75 Å². The number of nitriles is 1. The molecule has 0 saturated heterocycles. The SMILES string of the molecule is CCN(CC)Cc1cnc2ccc(C#N)cc2c1NCc1ccc(OC)c(Cl)c1. The van der Waals surface area contributed by atoms with Crippen LogP contribution in [0.15, 0.2) is 42.6 Å². The summed E-state index contributed by atoms with van der Waals surface area (Å²) in [6, 6.07) is 13.6. The van der Waals surface area contributed by atoms with Crippen molar-refractivity contribution in [1.29, 1.82) is 5.26 Å². The second-order valence-electron chi connectivity index (χ2n) is 6.79. The maximum atomic E-state index is 9.34. The van der Waals surface area contributed by atoms with Gasteiger partial charge in [-0.15, -0.1) is 0 Å². The van der Waals surface area contributed by atoms with Crippen LogP contribution in [0, 0.1) is 11.3 Å². The Hall–Kier alpha value is -2.81. The summed E-state index contributed by atoms with van der Waals surface area (Å²) >= 11 is 6.28. The van der Waals surface area contributed by atoms with E-state index in [0.29, 0.717) is 22.9 Å². The Morgan fingerprint density at radius 2 is 1.97 bits per heavy atom. The first-order chi connectivity index (χ1) is 14.1. The third-order valence-electron chi connectivity index (χ3n) is 5.05. The van der Waals surface area contributed by atoms with Gasteiger partial charge in [0.2, 0.25) is 0 Å². The highest BCUT2D eigenvalue weighted by atomic mass is 35.5. The number of halogens is 1. The van der Waals surface area contributed by atoms with Crippen LogP contribution in [-0.2, 0) is 13.1 Å². The number of aromatic nitrogens is 1. The summed E-state index contributed by atoms with van der Waals surface area (Å²) in [7, 11) is 1.61. The van der Waals surface area contributed by atoms with Gasteiger partial charge in [0, 0.05) is 35.9 Å². The first-order valence-electron chi connectivity index (χ1n) is 9.70. The van der Waals surface area contributed by atoms with Gasteiger partial charge in [0.15, 0.2) is 0 Å². The monoisotopic (exact) mass is 408 g/mol. The van der Waals surface area contributed by atoms with Crippen LogP contribution >= 0.6 is 11.6 Å². The Morgan fingerprint density at radius 3 is 2.62 bits per heavy atom. The minimum absolute atomic E-state index is 0.585. The van der Waals surface area contributed by atoms with Gasteiger partial charge in [-0.3, -0.25) is 9.88 Å². The summed E-state index contributed by atoms with van der Waals surface area (Å²) in [5.41, 5.74) is 4.64. The van der Waals surface area contributed by atoms with Crippen LogP contribution in [0.2, 0.25) is 5.02 Å². The molecule has 0 aliphatic carbocycles. The van der Waals surface area contributed by atoms with Gasteiger partial charge in [-0.25, -0.2) is 0 Å². The number of rotatable bonds is 8. The molecule has 0 spiro atoms. The second kappa shape index (κ2) is 9.60. The molecular formula is C23H25ClN4O. The van der Waals surface area contributed by atoms with Crippen molar-refractivity contribution in [3.05, 3.63) is 64.3 Å². The molecule has 0 amide bonds. The molecule has 0 radical (unpaired) electrons. The van der Waals surface area contributed by atoms with Crippen LogP contribution in [0.4, 0.5) is 5.69 Å². The molecule has 0 saturated carbocycles. The minimum atomic E-state index is 0.585. The number of benzene rings is 2. The standard InChI is InChI=1S/C23H25ClN4O/c1-4-28(5-2)15-18-14-26-21-8-6-16(12-25)10-19(21)23(18)27-13-17-7-9-22(29-3)20(24)11-17/h6-11,14H,4-5,13,15H2,1-3H3,(H,26,27). The molecule has 0 bridgehead atoms. The third kappa shape index (κ3) is 4.79. The van der Waals surface area contributed by atoms with Gasteiger partial charge >= 0.3 is 0 Å². The lowest BCUT2D eigenvalue weighted by Crippen LogP contribution is -2.23. The molecule has 1 N–H and O–H groups in total. The lowest BCUT2D eigenvalue weighted by atomic mass is 10.1. The van der Waals surface area contributed by atoms with E-state index in [9.17, 15) is 5.26 Å². The van der Waals surface area contributed by atoms with Crippen LogP contribution in [0.1, 0.15) is 30.5 Å². The van der Waals surface area contributed by atoms with Crippen molar-refractivity contribution in [2.45, 2.75) is 26.9 Å². The summed E-state index contributed by atoms with van der Waals surface area (Å²) in [4.78, 5) is 6.96. The highest BCUT2D eigenvalue weighted by molar-refractivity contribution is 6.32. The summed E-state index contributed by atoms with van der Waals surface area (Å²) in [5, 5.41) is 14.4. The zero-order valence-corrected chi connectivity index (χ0v) is 17.8. The van der Waals surface area contributed by atoms with Gasteiger partial charge in [-0.05, 0) is 49.0 Å². The van der Waals surface area contributed by atoms with Crippen LogP contribution in [0.25, 0.3) is 10.9 Å². The van der Waals surface area contributed by atoms with E-state index in [1.807, 2.05) is 36.5 Å². The molecule has 0 unspecified atom stereocenters. The quantitative estimate of drug-likeness (QED) is 0.553. The number of nitrogens with one attached hydrogen (secondary N) is 1. The molecule has 0 atom stereocenters. The average molecular weight is 409 g/mol. The lowest BCUT2D eigenvalue weighted by molar-refractivity contribution is 0.296. The van der Waals surface area contributed by atoms with Crippen LogP contribution in [-0.4, -0.2) is 30.1 Å². The lowest BCUT2D eigenvalue weighted by Gasteiger charge is -2.21. The fourth-order valence-electron chi connectivity index (χ4n) is 3.33. The summed E-state index contributed by atoms with van der Waals surface area (Å²) in [6.45, 7) is 7.61. The number of hydrogen-bond donors (Lipinski definition) is 1. The van der Waals surface area contributed by atoms with Crippen molar-refractivity contribution in [1.82, 2.24) is 9.88 Å². The molecule has 3 rings (SSSR count). The first-order valence-corrected chi connectivity index (χ1v) is 10.1. The van der Waals surface area contributed by atoms with E-state index in [1.165, 1.54) is 0 Å². The molecule has 6 heteroatoms. The largest absolute Gasteiger partial charge is 0.495 e. The van der Waals surface area contributed by atoms with Crippen molar-refractivity contribution in [3.8, 4) is 11.8 Å². The Bertz CT molecular complexity index is 1040. The van der Waals surface area contributed by atoms with E-state index >= 15 is 0 Å². The van der Waals surface area contributed by atoms with Gasteiger partial charge in [-0.2, -0.15) is 5.26 Å². The Morgan fingerprint density at radius 1 is 1.17 bits per heavy atom. The Kier molecular flexibility index (Phi) is 6.92. The van der Waals surface area contributed by atoms with Gasteiger partial charge < -0.3 is 10.1 Å². The van der Waals surface area contributed by atoms with E-state index in [4.69, 9.17) is 16.3 Å². The summed E-state index contributed by atoms with van der Waals surface area (Å²) < 4.78 is 5.24. The smallest absolute Gasteiger partial charge is 0.137 e. The molecule has 0 aliphatic rings. The maximum absolute atomic E-state index is 9.34. The molecule has 150 valence electrons. The Labute approximate surface area is 176 Å². The van der Waals surface area contributed by atoms with Crippen molar-refractivity contribution in [3.63, 3.8) is 0 Å². The highest BCUT2D eigenvalue weighted by Crippen LogP contribution is 2.30. The minimum Gasteiger partial charge on any atom is -0.495 e. The number of pyridine rings is 1. The van der Waals surface area contributed by atoms with E-state index in [0.717, 1.165) is 47.4 Å². The van der Waals surface area contributed by atoms with Gasteiger partial charge in [0.25, 0.3) is 0 Å². The number of hydrogen-bond acceptors (Lipinski definition) is 5. The number of nitrogens with zero attached hydrogens (tertiary/aromatic N) is 3. The fourth-order valence-corrected chi connectivity index (χ4v) is 3.61. The van der Waals surface area contributed by atoms with Crippen molar-refractivity contribution >= 4 is 28.2 Å². The second-order valence-corrected chi connectivity index (χ2v) is 7.19. The molecule has 0 fully saturated rings. The van der Waals surface area contributed by atoms with Gasteiger partial charge in [-0.1, -0.05) is 31.5 Å². The van der Waals surface area contributed by atoms with Crippen molar-refractivity contribution in [2.24, 2.45) is 0 Å². The zero-order valence-electron chi connectivity index (χ0n) is 17.0. The number of ether oxygens (including phenoxy) is 1. The van der Waals surface area contributed by atoms with Crippen LogP contribution in [0.3, 0.4) is 0 Å². The van der Waals surface area contributed by atoms with Crippen molar-refractivity contribution in [2.75, 3.05) is 25.5 Å². The summed E-state index contributed by atoms with van der Waals surface area (Å²) in [5.74, 6) is 0.658. The van der Waals surface area contributed by atoms with E-state index in [2.05, 4.69) is 35.1 Å². The first kappa shape index (κ1) is 20.9. The normalized spacial score (nSPS) is 10.9. The molecule has 0 aliphatic heterocycles. The fraction of sp³-hybridized carbons (Fsp3) is 0.304. The predicted molar refractivity (Wildman–Crippen MR) is 118 cm³/mol. The predicted octanol–water partition coefficient (Wildman–Crippen LogP) is 5.22. The third-order valence-corrected chi connectivity index (χ3v) is 5.34. The molecule has 3 aromatic rings. The Balaban J connectivity index is 1.99. The number of anilines is 1. The molecule has 2 aromatic carbocycles. The molecule has 29 heavy (non-hydrogen) atoms. The zero-order chi connectivity index (χ0) is 20.8. The van der Waals surface area contributed by atoms with Gasteiger partial charge in [0.05, 0.1) is 29.3 Å². The maximum Gasteiger partial charge on any atom is 0.137 e. The number of fused-ring (bicyclic) bond motifs is 1. The van der Waals surface area contributed by atoms with Crippen LogP contribution in [0.5, 0.6) is 5.75 Å². The van der Waals surface area contributed by atoms with Crippen molar-refractivity contribution < 1.29 is 4.74 Å². The molecule has 1 heterocycles. The van der Waals surface area contributed by atoms with E-state index in [1.54, 1.807) is 13.2 Å². The molecular weight excluding hydrogens is 384 g/mol. The summed E-state index contributed by atoms with van der Waals surface area (Å²) in [6.07, 6.45) is 1.93. The molecule has 1 aromatic heterocycles. The number of methoxy groups -OCH3 is 1. The topological polar surface area (TPSA) is 61.2 Å². The average Bonchev–Trinajstić information content (AvgIpc) is 2.75. The van der Waals surface area contributed by atoms with E-state index < -0.39 is 0 Å². The molecule has 5 nitrogen and oxygen atoms in total. The van der Waals surface area contributed by atoms with Crippen LogP contribution < -0.4 is 10.1 Å².